The lowest BCUT2D eigenvalue weighted by Gasteiger charge is -2.25. The fourth-order valence-electron chi connectivity index (χ4n) is 2.27. The minimum atomic E-state index is 0.340. The number of para-hydroxylation sites is 2. The van der Waals surface area contributed by atoms with Crippen LogP contribution in [0.3, 0.4) is 0 Å². The molecule has 0 spiro atoms. The average molecular weight is 217 g/mol. The van der Waals surface area contributed by atoms with Gasteiger partial charge in [-0.1, -0.05) is 26.0 Å². The second kappa shape index (κ2) is 4.26. The van der Waals surface area contributed by atoms with Crippen LogP contribution in [0.15, 0.2) is 24.3 Å². The predicted molar refractivity (Wildman–Crippen MR) is 67.4 cm³/mol. The van der Waals surface area contributed by atoms with E-state index in [1.807, 2.05) is 18.2 Å². The van der Waals surface area contributed by atoms with Crippen LogP contribution in [0.4, 0.5) is 0 Å². The van der Waals surface area contributed by atoms with E-state index >= 15 is 0 Å². The van der Waals surface area contributed by atoms with E-state index in [1.54, 1.807) is 0 Å². The number of nitrogens with one attached hydrogen (secondary N) is 1. The molecule has 0 bridgehead atoms. The molecule has 1 unspecified atom stereocenters. The van der Waals surface area contributed by atoms with Gasteiger partial charge < -0.3 is 4.98 Å². The zero-order valence-electron chi connectivity index (χ0n) is 10.4. The Bertz CT molecular complexity index is 430. The summed E-state index contributed by atoms with van der Waals surface area (Å²) in [4.78, 5) is 10.3. The van der Waals surface area contributed by atoms with Gasteiger partial charge in [0.1, 0.15) is 5.82 Å². The Morgan fingerprint density at radius 1 is 1.19 bits per heavy atom. The quantitative estimate of drug-likeness (QED) is 0.857. The molecule has 0 aliphatic rings. The van der Waals surface area contributed by atoms with Crippen molar-refractivity contribution in [2.75, 3.05) is 14.1 Å². The number of imidazole rings is 1. The van der Waals surface area contributed by atoms with E-state index in [1.165, 1.54) is 0 Å². The minimum absolute atomic E-state index is 0.340. The second-order valence-corrected chi connectivity index (χ2v) is 4.79. The SMILES string of the molecule is CC(C)C(c1nc2ccccc2[nH]1)N(C)C. The highest BCUT2D eigenvalue weighted by atomic mass is 15.1. The third-order valence-corrected chi connectivity index (χ3v) is 2.88. The van der Waals surface area contributed by atoms with Crippen LogP contribution in [0.1, 0.15) is 25.7 Å². The molecule has 0 radical (unpaired) electrons. The van der Waals surface area contributed by atoms with Gasteiger partial charge in [-0.05, 0) is 32.1 Å². The number of benzene rings is 1. The summed E-state index contributed by atoms with van der Waals surface area (Å²) in [7, 11) is 4.19. The maximum atomic E-state index is 4.66. The van der Waals surface area contributed by atoms with Crippen molar-refractivity contribution in [2.24, 2.45) is 5.92 Å². The van der Waals surface area contributed by atoms with Crippen molar-refractivity contribution in [1.29, 1.82) is 0 Å². The van der Waals surface area contributed by atoms with Crippen LogP contribution in [-0.2, 0) is 0 Å². The molecule has 1 aromatic carbocycles. The van der Waals surface area contributed by atoms with Gasteiger partial charge in [0.05, 0.1) is 17.1 Å². The van der Waals surface area contributed by atoms with Crippen LogP contribution in [0.25, 0.3) is 11.0 Å². The van der Waals surface area contributed by atoms with Crippen LogP contribution in [0, 0.1) is 5.92 Å². The van der Waals surface area contributed by atoms with E-state index in [0.717, 1.165) is 16.9 Å². The van der Waals surface area contributed by atoms with Crippen molar-refractivity contribution in [3.05, 3.63) is 30.1 Å². The smallest absolute Gasteiger partial charge is 0.124 e. The summed E-state index contributed by atoms with van der Waals surface area (Å²) >= 11 is 0. The average Bonchev–Trinajstić information content (AvgIpc) is 2.58. The van der Waals surface area contributed by atoms with Crippen molar-refractivity contribution in [3.8, 4) is 0 Å². The van der Waals surface area contributed by atoms with E-state index in [4.69, 9.17) is 0 Å². The number of hydrogen-bond acceptors (Lipinski definition) is 2. The maximum absolute atomic E-state index is 4.66. The summed E-state index contributed by atoms with van der Waals surface area (Å²) in [5.74, 6) is 1.59. The van der Waals surface area contributed by atoms with Crippen LogP contribution in [-0.4, -0.2) is 29.0 Å². The highest BCUT2D eigenvalue weighted by Gasteiger charge is 2.21. The molecule has 0 aliphatic carbocycles. The molecule has 16 heavy (non-hydrogen) atoms. The molecule has 0 aliphatic heterocycles. The summed E-state index contributed by atoms with van der Waals surface area (Å²) in [5, 5.41) is 0. The van der Waals surface area contributed by atoms with Crippen LogP contribution in [0.2, 0.25) is 0 Å². The molecule has 3 nitrogen and oxygen atoms in total. The van der Waals surface area contributed by atoms with Crippen LogP contribution in [0.5, 0.6) is 0 Å². The number of aromatic amines is 1. The first kappa shape index (κ1) is 11.1. The monoisotopic (exact) mass is 217 g/mol. The first-order valence-electron chi connectivity index (χ1n) is 5.70. The molecule has 1 heterocycles. The van der Waals surface area contributed by atoms with Crippen LogP contribution >= 0.6 is 0 Å². The van der Waals surface area contributed by atoms with Crippen molar-refractivity contribution in [3.63, 3.8) is 0 Å². The van der Waals surface area contributed by atoms with E-state index < -0.39 is 0 Å². The molecule has 1 N–H and O–H groups in total. The number of fused-ring (bicyclic) bond motifs is 1. The Morgan fingerprint density at radius 2 is 1.88 bits per heavy atom. The molecule has 86 valence electrons. The van der Waals surface area contributed by atoms with E-state index in [9.17, 15) is 0 Å². The third kappa shape index (κ3) is 1.95. The number of aromatic nitrogens is 2. The lowest BCUT2D eigenvalue weighted by Crippen LogP contribution is -2.25. The molecule has 0 amide bonds. The fourth-order valence-corrected chi connectivity index (χ4v) is 2.27. The second-order valence-electron chi connectivity index (χ2n) is 4.79. The summed E-state index contributed by atoms with van der Waals surface area (Å²) in [5.41, 5.74) is 2.16. The molecule has 1 aromatic heterocycles. The third-order valence-electron chi connectivity index (χ3n) is 2.88. The van der Waals surface area contributed by atoms with Crippen molar-refractivity contribution < 1.29 is 0 Å². The first-order valence-corrected chi connectivity index (χ1v) is 5.70. The molecular formula is C13H19N3. The highest BCUT2D eigenvalue weighted by Crippen LogP contribution is 2.25. The van der Waals surface area contributed by atoms with Gasteiger partial charge in [0.25, 0.3) is 0 Å². The Balaban J connectivity index is 2.45. The zero-order chi connectivity index (χ0) is 11.7. The molecule has 2 aromatic rings. The van der Waals surface area contributed by atoms with Crippen molar-refractivity contribution in [1.82, 2.24) is 14.9 Å². The first-order chi connectivity index (χ1) is 7.59. The number of rotatable bonds is 3. The summed E-state index contributed by atoms with van der Waals surface area (Å²) in [6, 6.07) is 8.51. The molecule has 0 saturated carbocycles. The standard InChI is InChI=1S/C13H19N3/c1-9(2)12(16(3)4)13-14-10-7-5-6-8-11(10)15-13/h5-9,12H,1-4H3,(H,14,15). The fraction of sp³-hybridized carbons (Fsp3) is 0.462. The van der Waals surface area contributed by atoms with Gasteiger partial charge in [0.15, 0.2) is 0 Å². The van der Waals surface area contributed by atoms with Gasteiger partial charge >= 0.3 is 0 Å². The molecule has 0 saturated heterocycles. The molecule has 0 fully saturated rings. The van der Waals surface area contributed by atoms with Gasteiger partial charge in [0, 0.05) is 0 Å². The molecule has 3 heteroatoms. The van der Waals surface area contributed by atoms with E-state index in [-0.39, 0.29) is 0 Å². The zero-order valence-corrected chi connectivity index (χ0v) is 10.4. The lowest BCUT2D eigenvalue weighted by molar-refractivity contribution is 0.226. The minimum Gasteiger partial charge on any atom is -0.341 e. The topological polar surface area (TPSA) is 31.9 Å². The van der Waals surface area contributed by atoms with Gasteiger partial charge in [-0.3, -0.25) is 4.90 Å². The molecular weight excluding hydrogens is 198 g/mol. The van der Waals surface area contributed by atoms with Gasteiger partial charge in [0.2, 0.25) is 0 Å². The van der Waals surface area contributed by atoms with Crippen molar-refractivity contribution >= 4 is 11.0 Å². The van der Waals surface area contributed by atoms with Gasteiger partial charge in [-0.15, -0.1) is 0 Å². The molecule has 1 atom stereocenters. The van der Waals surface area contributed by atoms with E-state index in [2.05, 4.69) is 48.9 Å². The predicted octanol–water partition coefficient (Wildman–Crippen LogP) is 2.82. The Morgan fingerprint density at radius 3 is 2.44 bits per heavy atom. The highest BCUT2D eigenvalue weighted by molar-refractivity contribution is 5.74. The lowest BCUT2D eigenvalue weighted by atomic mass is 10.0. The van der Waals surface area contributed by atoms with Gasteiger partial charge in [-0.2, -0.15) is 0 Å². The number of nitrogens with zero attached hydrogens (tertiary/aromatic N) is 2. The largest absolute Gasteiger partial charge is 0.341 e. The molecule has 2 rings (SSSR count). The maximum Gasteiger partial charge on any atom is 0.124 e. The Labute approximate surface area is 96.5 Å². The summed E-state index contributed by atoms with van der Waals surface area (Å²) in [6.07, 6.45) is 0. The Kier molecular flexibility index (Phi) is 2.97. The van der Waals surface area contributed by atoms with E-state index in [0.29, 0.717) is 12.0 Å². The summed E-state index contributed by atoms with van der Waals surface area (Å²) in [6.45, 7) is 4.44. The van der Waals surface area contributed by atoms with Crippen LogP contribution < -0.4 is 0 Å². The number of hydrogen-bond donors (Lipinski definition) is 1. The Hall–Kier alpha value is -1.35. The van der Waals surface area contributed by atoms with Crippen molar-refractivity contribution in [2.45, 2.75) is 19.9 Å². The van der Waals surface area contributed by atoms with Gasteiger partial charge in [-0.25, -0.2) is 4.98 Å². The normalized spacial score (nSPS) is 13.9. The summed E-state index contributed by atoms with van der Waals surface area (Å²) < 4.78 is 0. The number of H-pyrrole nitrogens is 1.